The molecule has 0 aliphatic rings. The molecular formula is C10H9IN2. The normalized spacial score (nSPS) is 10.2. The molecule has 0 saturated carbocycles. The maximum atomic E-state index is 4.22. The first kappa shape index (κ1) is 8.74. The highest BCUT2D eigenvalue weighted by Crippen LogP contribution is 2.17. The van der Waals surface area contributed by atoms with Gasteiger partial charge in [0.15, 0.2) is 0 Å². The molecule has 2 aromatic rings. The molecule has 2 nitrogen and oxygen atoms in total. The lowest BCUT2D eigenvalue weighted by Gasteiger charge is -1.94. The van der Waals surface area contributed by atoms with Crippen molar-refractivity contribution in [1.29, 1.82) is 0 Å². The zero-order chi connectivity index (χ0) is 9.10. The smallest absolute Gasteiger partial charge is 0.0924 e. The van der Waals surface area contributed by atoms with E-state index in [4.69, 9.17) is 0 Å². The van der Waals surface area contributed by atoms with Crippen molar-refractivity contribution in [3.63, 3.8) is 0 Å². The van der Waals surface area contributed by atoms with Crippen LogP contribution in [0.3, 0.4) is 0 Å². The number of alkyl halides is 1. The number of hydrogen-bond acceptors (Lipinski definition) is 1. The highest BCUT2D eigenvalue weighted by atomic mass is 127. The van der Waals surface area contributed by atoms with E-state index in [0.29, 0.717) is 0 Å². The van der Waals surface area contributed by atoms with E-state index in [1.807, 2.05) is 29.1 Å². The summed E-state index contributed by atoms with van der Waals surface area (Å²) in [7, 11) is 0. The molecule has 2 rings (SSSR count). The van der Waals surface area contributed by atoms with Gasteiger partial charge in [0, 0.05) is 11.8 Å². The van der Waals surface area contributed by atoms with Crippen molar-refractivity contribution >= 4 is 22.6 Å². The van der Waals surface area contributed by atoms with Crippen molar-refractivity contribution < 1.29 is 0 Å². The number of benzene rings is 1. The van der Waals surface area contributed by atoms with E-state index in [0.717, 1.165) is 4.55 Å². The summed E-state index contributed by atoms with van der Waals surface area (Å²) < 4.78 is 2.81. The Labute approximate surface area is 90.7 Å². The van der Waals surface area contributed by atoms with Gasteiger partial charge < -0.3 is 0 Å². The van der Waals surface area contributed by atoms with E-state index in [1.165, 1.54) is 11.1 Å². The molecule has 1 heterocycles. The third-order valence-corrected chi connectivity index (χ3v) is 2.56. The van der Waals surface area contributed by atoms with Gasteiger partial charge in [-0.3, -0.25) is 4.68 Å². The quantitative estimate of drug-likeness (QED) is 0.612. The van der Waals surface area contributed by atoms with Crippen LogP contribution in [0.4, 0.5) is 0 Å². The van der Waals surface area contributed by atoms with Crippen LogP contribution in [0.1, 0.15) is 0 Å². The molecule has 1 aromatic carbocycles. The topological polar surface area (TPSA) is 17.8 Å². The van der Waals surface area contributed by atoms with Gasteiger partial charge in [-0.2, -0.15) is 5.10 Å². The predicted molar refractivity (Wildman–Crippen MR) is 61.7 cm³/mol. The summed E-state index contributed by atoms with van der Waals surface area (Å²) in [5.41, 5.74) is 2.40. The molecule has 0 N–H and O–H groups in total. The minimum absolute atomic E-state index is 0.893. The minimum Gasteiger partial charge on any atom is -0.262 e. The van der Waals surface area contributed by atoms with Crippen LogP contribution in [0, 0.1) is 0 Å². The van der Waals surface area contributed by atoms with Gasteiger partial charge in [-0.15, -0.1) is 0 Å². The monoisotopic (exact) mass is 284 g/mol. The zero-order valence-corrected chi connectivity index (χ0v) is 9.18. The molecule has 0 aliphatic heterocycles. The molecule has 0 fully saturated rings. The molecule has 13 heavy (non-hydrogen) atoms. The first-order valence-corrected chi connectivity index (χ1v) is 5.56. The Morgan fingerprint density at radius 1 is 1.15 bits per heavy atom. The second-order valence-corrected chi connectivity index (χ2v) is 3.44. The van der Waals surface area contributed by atoms with Crippen molar-refractivity contribution in [2.45, 2.75) is 4.55 Å². The minimum atomic E-state index is 0.893. The Balaban J connectivity index is 2.36. The SMILES string of the molecule is ICn1cc(-c2ccccc2)cn1. The molecule has 1 aromatic heterocycles. The lowest BCUT2D eigenvalue weighted by atomic mass is 10.1. The standard InChI is InChI=1S/C10H9IN2/c11-8-13-7-10(6-12-13)9-4-2-1-3-5-9/h1-7H,8H2. The Hall–Kier alpha value is -0.840. The van der Waals surface area contributed by atoms with Gasteiger partial charge in [0.2, 0.25) is 0 Å². The highest BCUT2D eigenvalue weighted by molar-refractivity contribution is 14.1. The summed E-state index contributed by atoms with van der Waals surface area (Å²) in [6.07, 6.45) is 3.95. The third-order valence-electron chi connectivity index (χ3n) is 1.86. The molecule has 0 radical (unpaired) electrons. The Kier molecular flexibility index (Phi) is 2.63. The number of halogens is 1. The van der Waals surface area contributed by atoms with Crippen LogP contribution in [0.15, 0.2) is 42.7 Å². The molecule has 0 aliphatic carbocycles. The van der Waals surface area contributed by atoms with Crippen LogP contribution in [0.5, 0.6) is 0 Å². The van der Waals surface area contributed by atoms with Gasteiger partial charge in [0.05, 0.1) is 10.7 Å². The van der Waals surface area contributed by atoms with Crippen molar-refractivity contribution in [1.82, 2.24) is 9.78 Å². The van der Waals surface area contributed by atoms with Crippen LogP contribution < -0.4 is 0 Å². The van der Waals surface area contributed by atoms with Gasteiger partial charge in [0.25, 0.3) is 0 Å². The average Bonchev–Trinajstić information content (AvgIpc) is 2.67. The summed E-state index contributed by atoms with van der Waals surface area (Å²) in [6.45, 7) is 0. The molecule has 66 valence electrons. The summed E-state index contributed by atoms with van der Waals surface area (Å²) in [5, 5.41) is 4.22. The second kappa shape index (κ2) is 3.91. The number of rotatable bonds is 2. The van der Waals surface area contributed by atoms with E-state index < -0.39 is 0 Å². The van der Waals surface area contributed by atoms with Crippen molar-refractivity contribution in [3.8, 4) is 11.1 Å². The van der Waals surface area contributed by atoms with Crippen LogP contribution >= 0.6 is 22.6 Å². The summed E-state index contributed by atoms with van der Waals surface area (Å²) in [5.74, 6) is 0. The second-order valence-electron chi connectivity index (χ2n) is 2.75. The molecule has 0 unspecified atom stereocenters. The maximum absolute atomic E-state index is 4.22. The number of nitrogens with zero attached hydrogens (tertiary/aromatic N) is 2. The van der Waals surface area contributed by atoms with Gasteiger partial charge in [-0.1, -0.05) is 52.9 Å². The number of hydrogen-bond donors (Lipinski definition) is 0. The van der Waals surface area contributed by atoms with Crippen LogP contribution in [-0.2, 0) is 4.55 Å². The molecule has 0 atom stereocenters. The number of aromatic nitrogens is 2. The molecule has 3 heteroatoms. The first-order valence-electron chi connectivity index (χ1n) is 4.04. The predicted octanol–water partition coefficient (Wildman–Crippen LogP) is 2.94. The maximum Gasteiger partial charge on any atom is 0.0924 e. The van der Waals surface area contributed by atoms with E-state index >= 15 is 0 Å². The largest absolute Gasteiger partial charge is 0.262 e. The van der Waals surface area contributed by atoms with E-state index in [-0.39, 0.29) is 0 Å². The van der Waals surface area contributed by atoms with Gasteiger partial charge in [-0.05, 0) is 5.56 Å². The van der Waals surface area contributed by atoms with Crippen LogP contribution in [0.2, 0.25) is 0 Å². The Morgan fingerprint density at radius 3 is 2.54 bits per heavy atom. The molecule has 0 bridgehead atoms. The lowest BCUT2D eigenvalue weighted by Crippen LogP contribution is -1.89. The van der Waals surface area contributed by atoms with Crippen molar-refractivity contribution in [2.75, 3.05) is 0 Å². The summed E-state index contributed by atoms with van der Waals surface area (Å²) in [6, 6.07) is 10.3. The molecular weight excluding hydrogens is 275 g/mol. The molecule has 0 spiro atoms. The zero-order valence-electron chi connectivity index (χ0n) is 7.02. The fraction of sp³-hybridized carbons (Fsp3) is 0.100. The Morgan fingerprint density at radius 2 is 1.92 bits per heavy atom. The van der Waals surface area contributed by atoms with Crippen molar-refractivity contribution in [3.05, 3.63) is 42.7 Å². The van der Waals surface area contributed by atoms with Crippen LogP contribution in [-0.4, -0.2) is 9.78 Å². The van der Waals surface area contributed by atoms with E-state index in [9.17, 15) is 0 Å². The van der Waals surface area contributed by atoms with Crippen LogP contribution in [0.25, 0.3) is 11.1 Å². The van der Waals surface area contributed by atoms with Gasteiger partial charge in [0.1, 0.15) is 0 Å². The van der Waals surface area contributed by atoms with Gasteiger partial charge >= 0.3 is 0 Å². The first-order chi connectivity index (χ1) is 6.40. The van der Waals surface area contributed by atoms with Crippen molar-refractivity contribution in [2.24, 2.45) is 0 Å². The average molecular weight is 284 g/mol. The fourth-order valence-electron chi connectivity index (χ4n) is 1.21. The fourth-order valence-corrected chi connectivity index (χ4v) is 1.58. The lowest BCUT2D eigenvalue weighted by molar-refractivity contribution is 0.768. The van der Waals surface area contributed by atoms with Gasteiger partial charge in [-0.25, -0.2) is 0 Å². The Bertz CT molecular complexity index is 381. The molecule has 0 saturated heterocycles. The molecule has 0 amide bonds. The summed E-state index contributed by atoms with van der Waals surface area (Å²) >= 11 is 2.29. The van der Waals surface area contributed by atoms with E-state index in [1.54, 1.807) is 0 Å². The third kappa shape index (κ3) is 1.91. The van der Waals surface area contributed by atoms with E-state index in [2.05, 4.69) is 46.0 Å². The highest BCUT2D eigenvalue weighted by Gasteiger charge is 1.98. The summed E-state index contributed by atoms with van der Waals surface area (Å²) in [4.78, 5) is 0.